The number of benzene rings is 1. The molecule has 0 aliphatic heterocycles. The highest BCUT2D eigenvalue weighted by Crippen LogP contribution is 2.15. The van der Waals surface area contributed by atoms with E-state index < -0.39 is 28.9 Å². The van der Waals surface area contributed by atoms with Crippen molar-refractivity contribution in [1.29, 1.82) is 0 Å². The van der Waals surface area contributed by atoms with Crippen LogP contribution in [-0.2, 0) is 0 Å². The molecule has 0 heterocycles. The molecule has 0 aromatic heterocycles. The van der Waals surface area contributed by atoms with E-state index in [1.165, 1.54) is 0 Å². The summed E-state index contributed by atoms with van der Waals surface area (Å²) in [7, 11) is 0. The van der Waals surface area contributed by atoms with E-state index in [4.69, 9.17) is 11.6 Å². The van der Waals surface area contributed by atoms with Gasteiger partial charge in [-0.2, -0.15) is 0 Å². The SMILES string of the molecule is CC(CCl)C(C)NC(=O)c1c(F)cc(F)cc1F. The lowest BCUT2D eigenvalue weighted by atomic mass is 10.1. The number of carbonyl (C=O) groups excluding carboxylic acids is 1. The average Bonchev–Trinajstić information content (AvgIpc) is 2.26. The number of alkyl halides is 1. The molecule has 1 aromatic rings. The zero-order valence-electron chi connectivity index (χ0n) is 9.94. The molecule has 0 saturated carbocycles. The van der Waals surface area contributed by atoms with Gasteiger partial charge in [0.25, 0.3) is 5.91 Å². The van der Waals surface area contributed by atoms with Crippen LogP contribution in [0.25, 0.3) is 0 Å². The number of hydrogen-bond donors (Lipinski definition) is 1. The van der Waals surface area contributed by atoms with Gasteiger partial charge in [0.1, 0.15) is 23.0 Å². The van der Waals surface area contributed by atoms with Crippen LogP contribution in [0.2, 0.25) is 0 Å². The average molecular weight is 280 g/mol. The van der Waals surface area contributed by atoms with Crippen molar-refractivity contribution < 1.29 is 18.0 Å². The van der Waals surface area contributed by atoms with Gasteiger partial charge in [-0.3, -0.25) is 4.79 Å². The molecule has 0 fully saturated rings. The number of hydrogen-bond acceptors (Lipinski definition) is 1. The Morgan fingerprint density at radius 2 is 1.78 bits per heavy atom. The Bertz CT molecular complexity index is 430. The van der Waals surface area contributed by atoms with Gasteiger partial charge in [0.2, 0.25) is 0 Å². The number of nitrogens with one attached hydrogen (secondary N) is 1. The van der Waals surface area contributed by atoms with Gasteiger partial charge in [-0.1, -0.05) is 6.92 Å². The topological polar surface area (TPSA) is 29.1 Å². The fourth-order valence-corrected chi connectivity index (χ4v) is 1.58. The van der Waals surface area contributed by atoms with E-state index in [1.807, 2.05) is 0 Å². The zero-order valence-corrected chi connectivity index (χ0v) is 10.7. The zero-order chi connectivity index (χ0) is 13.9. The van der Waals surface area contributed by atoms with Gasteiger partial charge < -0.3 is 5.32 Å². The van der Waals surface area contributed by atoms with E-state index in [-0.39, 0.29) is 12.0 Å². The first-order valence-electron chi connectivity index (χ1n) is 5.38. The molecule has 2 nitrogen and oxygen atoms in total. The second-order valence-electron chi connectivity index (χ2n) is 4.14. The molecule has 0 bridgehead atoms. The van der Waals surface area contributed by atoms with Crippen molar-refractivity contribution in [2.75, 3.05) is 5.88 Å². The Kier molecular flexibility index (Phi) is 5.02. The van der Waals surface area contributed by atoms with Crippen molar-refractivity contribution in [3.05, 3.63) is 35.1 Å². The normalized spacial score (nSPS) is 14.1. The van der Waals surface area contributed by atoms with E-state index >= 15 is 0 Å². The van der Waals surface area contributed by atoms with Crippen LogP contribution in [0.1, 0.15) is 24.2 Å². The minimum Gasteiger partial charge on any atom is -0.349 e. The van der Waals surface area contributed by atoms with Crippen LogP contribution in [0.3, 0.4) is 0 Å². The predicted octanol–water partition coefficient (Wildman–Crippen LogP) is 3.10. The van der Waals surface area contributed by atoms with E-state index in [9.17, 15) is 18.0 Å². The van der Waals surface area contributed by atoms with Gasteiger partial charge in [0, 0.05) is 24.1 Å². The number of carbonyl (C=O) groups is 1. The van der Waals surface area contributed by atoms with Gasteiger partial charge in [-0.25, -0.2) is 13.2 Å². The highest BCUT2D eigenvalue weighted by molar-refractivity contribution is 6.18. The maximum atomic E-state index is 13.3. The summed E-state index contributed by atoms with van der Waals surface area (Å²) in [6, 6.07) is 0.584. The van der Waals surface area contributed by atoms with Gasteiger partial charge >= 0.3 is 0 Å². The minimum atomic E-state index is -1.23. The summed E-state index contributed by atoms with van der Waals surface area (Å²) in [6.07, 6.45) is 0. The quantitative estimate of drug-likeness (QED) is 0.843. The first kappa shape index (κ1) is 14.8. The lowest BCUT2D eigenvalue weighted by Crippen LogP contribution is -2.38. The van der Waals surface area contributed by atoms with Gasteiger partial charge in [-0.05, 0) is 12.8 Å². The molecule has 2 unspecified atom stereocenters. The molecule has 1 rings (SSSR count). The highest BCUT2D eigenvalue weighted by Gasteiger charge is 2.22. The van der Waals surface area contributed by atoms with Crippen LogP contribution in [0.5, 0.6) is 0 Å². The van der Waals surface area contributed by atoms with Crippen LogP contribution < -0.4 is 5.32 Å². The minimum absolute atomic E-state index is 0.0535. The standard InChI is InChI=1S/C12H13ClF3NO/c1-6(5-13)7(2)17-12(18)11-9(15)3-8(14)4-10(11)16/h3-4,6-7H,5H2,1-2H3,(H,17,18). The summed E-state index contributed by atoms with van der Waals surface area (Å²) in [5.74, 6) is -4.19. The van der Waals surface area contributed by atoms with Crippen LogP contribution in [-0.4, -0.2) is 17.8 Å². The first-order valence-corrected chi connectivity index (χ1v) is 5.91. The fraction of sp³-hybridized carbons (Fsp3) is 0.417. The Labute approximate surface area is 108 Å². The summed E-state index contributed by atoms with van der Waals surface area (Å²) in [6.45, 7) is 3.46. The summed E-state index contributed by atoms with van der Waals surface area (Å²) < 4.78 is 39.3. The lowest BCUT2D eigenvalue weighted by Gasteiger charge is -2.19. The summed E-state index contributed by atoms with van der Waals surface area (Å²) in [5, 5.41) is 2.42. The third kappa shape index (κ3) is 3.38. The summed E-state index contributed by atoms with van der Waals surface area (Å²) in [4.78, 5) is 11.7. The molecular formula is C12H13ClF3NO. The van der Waals surface area contributed by atoms with Crippen LogP contribution in [0.4, 0.5) is 13.2 Å². The molecular weight excluding hydrogens is 267 g/mol. The van der Waals surface area contributed by atoms with Gasteiger partial charge in [-0.15, -0.1) is 11.6 Å². The number of amides is 1. The van der Waals surface area contributed by atoms with Gasteiger partial charge in [0.05, 0.1) is 0 Å². The Balaban J connectivity index is 2.92. The van der Waals surface area contributed by atoms with Crippen molar-refractivity contribution in [2.45, 2.75) is 19.9 Å². The maximum Gasteiger partial charge on any atom is 0.257 e. The Morgan fingerprint density at radius 1 is 1.28 bits per heavy atom. The first-order chi connectivity index (χ1) is 8.36. The van der Waals surface area contributed by atoms with Crippen molar-refractivity contribution in [2.24, 2.45) is 5.92 Å². The smallest absolute Gasteiger partial charge is 0.257 e. The Morgan fingerprint density at radius 3 is 2.22 bits per heavy atom. The van der Waals surface area contributed by atoms with E-state index in [0.717, 1.165) is 0 Å². The molecule has 100 valence electrons. The molecule has 2 atom stereocenters. The maximum absolute atomic E-state index is 13.3. The van der Waals surface area contributed by atoms with Crippen molar-refractivity contribution in [3.8, 4) is 0 Å². The third-order valence-corrected chi connectivity index (χ3v) is 3.18. The van der Waals surface area contributed by atoms with Crippen LogP contribution in [0.15, 0.2) is 12.1 Å². The number of halogens is 4. The van der Waals surface area contributed by atoms with E-state index in [0.29, 0.717) is 18.0 Å². The molecule has 0 spiro atoms. The molecule has 1 amide bonds. The number of rotatable bonds is 4. The second kappa shape index (κ2) is 6.09. The highest BCUT2D eigenvalue weighted by atomic mass is 35.5. The fourth-order valence-electron chi connectivity index (χ4n) is 1.31. The molecule has 6 heteroatoms. The molecule has 0 aliphatic carbocycles. The van der Waals surface area contributed by atoms with Gasteiger partial charge in [0.15, 0.2) is 0 Å². The molecule has 0 aliphatic rings. The lowest BCUT2D eigenvalue weighted by molar-refractivity contribution is 0.0922. The molecule has 0 radical (unpaired) electrons. The van der Waals surface area contributed by atoms with E-state index in [1.54, 1.807) is 13.8 Å². The third-order valence-electron chi connectivity index (χ3n) is 2.69. The molecule has 1 aromatic carbocycles. The van der Waals surface area contributed by atoms with Crippen molar-refractivity contribution in [3.63, 3.8) is 0 Å². The Hall–Kier alpha value is -1.23. The second-order valence-corrected chi connectivity index (χ2v) is 4.45. The largest absolute Gasteiger partial charge is 0.349 e. The molecule has 18 heavy (non-hydrogen) atoms. The summed E-state index contributed by atoms with van der Waals surface area (Å²) >= 11 is 5.61. The molecule has 1 N–H and O–H groups in total. The van der Waals surface area contributed by atoms with E-state index in [2.05, 4.69) is 5.32 Å². The van der Waals surface area contributed by atoms with Crippen LogP contribution >= 0.6 is 11.6 Å². The molecule has 0 saturated heterocycles. The van der Waals surface area contributed by atoms with Crippen molar-refractivity contribution >= 4 is 17.5 Å². The summed E-state index contributed by atoms with van der Waals surface area (Å²) in [5.41, 5.74) is -0.787. The van der Waals surface area contributed by atoms with Crippen LogP contribution in [0, 0.1) is 23.4 Å². The van der Waals surface area contributed by atoms with Crippen molar-refractivity contribution in [1.82, 2.24) is 5.32 Å². The monoisotopic (exact) mass is 279 g/mol. The predicted molar refractivity (Wildman–Crippen MR) is 63.1 cm³/mol.